The number of ether oxygens (including phenoxy) is 3. The van der Waals surface area contributed by atoms with Crippen LogP contribution in [0.15, 0.2) is 36.5 Å². The minimum Gasteiger partial charge on any atom is -0.486 e. The maximum Gasteiger partial charge on any atom is 0.225 e. The third-order valence-corrected chi connectivity index (χ3v) is 7.73. The molecule has 1 amide bonds. The van der Waals surface area contributed by atoms with Crippen LogP contribution in [0.5, 0.6) is 17.4 Å². The van der Waals surface area contributed by atoms with Crippen molar-refractivity contribution in [3.8, 4) is 17.4 Å². The average Bonchev–Trinajstić information content (AvgIpc) is 3.37. The fraction of sp³-hybridized carbons (Fsp3) is 0.571. The third kappa shape index (κ3) is 5.78. The summed E-state index contributed by atoms with van der Waals surface area (Å²) in [5.41, 5.74) is 1.73. The molecule has 3 fully saturated rings. The van der Waals surface area contributed by atoms with E-state index < -0.39 is 12.1 Å². The van der Waals surface area contributed by atoms with Crippen LogP contribution in [-0.4, -0.2) is 79.0 Å². The van der Waals surface area contributed by atoms with Gasteiger partial charge in [0.1, 0.15) is 25.4 Å². The number of aliphatic hydroxyl groups excluding tert-OH is 1. The molecule has 0 bridgehead atoms. The summed E-state index contributed by atoms with van der Waals surface area (Å²) in [5.74, 6) is 1.84. The fourth-order valence-corrected chi connectivity index (χ4v) is 5.44. The van der Waals surface area contributed by atoms with Gasteiger partial charge in [0, 0.05) is 25.7 Å². The second kappa shape index (κ2) is 10.8. The molecule has 0 spiro atoms. The Hall–Kier alpha value is -3.04. The lowest BCUT2D eigenvalue weighted by Crippen LogP contribution is -2.48. The topological polar surface area (TPSA) is 96.4 Å². The Bertz CT molecular complexity index is 1090. The van der Waals surface area contributed by atoms with Crippen LogP contribution in [0.25, 0.3) is 0 Å². The summed E-state index contributed by atoms with van der Waals surface area (Å²) in [5, 5.41) is 14.6. The highest BCUT2D eigenvalue weighted by Crippen LogP contribution is 2.34. The molecular weight excluding hydrogens is 472 g/mol. The zero-order chi connectivity index (χ0) is 25.2. The molecule has 1 aromatic carbocycles. The second-order valence-corrected chi connectivity index (χ2v) is 10.6. The number of nitrogens with one attached hydrogen (secondary N) is 1. The van der Waals surface area contributed by atoms with Gasteiger partial charge in [-0.15, -0.1) is 0 Å². The molecule has 4 heterocycles. The predicted octanol–water partition coefficient (Wildman–Crippen LogP) is 2.53. The molecule has 1 aromatic heterocycles. The van der Waals surface area contributed by atoms with E-state index in [4.69, 9.17) is 14.2 Å². The summed E-state index contributed by atoms with van der Waals surface area (Å²) in [7, 11) is 0. The molecule has 2 N–H and O–H groups in total. The maximum atomic E-state index is 13.4. The van der Waals surface area contributed by atoms with E-state index in [1.54, 1.807) is 0 Å². The van der Waals surface area contributed by atoms with Crippen molar-refractivity contribution in [3.05, 3.63) is 42.1 Å². The lowest BCUT2D eigenvalue weighted by molar-refractivity contribution is -0.126. The third-order valence-electron chi connectivity index (χ3n) is 7.73. The van der Waals surface area contributed by atoms with E-state index >= 15 is 0 Å². The molecule has 1 saturated carbocycles. The molecule has 2 saturated heterocycles. The molecule has 3 unspecified atom stereocenters. The van der Waals surface area contributed by atoms with Gasteiger partial charge in [0.2, 0.25) is 11.8 Å². The SMILES string of the molecule is O=C(NC(CN1CCCC1)C(O)c1ccc2c(c1)OCCO2)C1CCN(c2ccc(OC3CC3)nc2)C1. The Kier molecular flexibility index (Phi) is 7.06. The van der Waals surface area contributed by atoms with Gasteiger partial charge in [-0.1, -0.05) is 6.07 Å². The molecule has 3 aliphatic heterocycles. The Balaban J connectivity index is 1.11. The quantitative estimate of drug-likeness (QED) is 0.534. The first-order chi connectivity index (χ1) is 18.1. The molecule has 198 valence electrons. The van der Waals surface area contributed by atoms with Crippen molar-refractivity contribution in [2.24, 2.45) is 5.92 Å². The largest absolute Gasteiger partial charge is 0.486 e. The van der Waals surface area contributed by atoms with Crippen molar-refractivity contribution in [2.45, 2.75) is 50.4 Å². The highest BCUT2D eigenvalue weighted by molar-refractivity contribution is 5.80. The number of amides is 1. The van der Waals surface area contributed by atoms with Crippen LogP contribution >= 0.6 is 0 Å². The first kappa shape index (κ1) is 24.3. The van der Waals surface area contributed by atoms with E-state index in [0.717, 1.165) is 63.0 Å². The number of aromatic nitrogens is 1. The van der Waals surface area contributed by atoms with E-state index in [1.165, 1.54) is 0 Å². The number of carbonyl (C=O) groups excluding carboxylic acids is 1. The number of likely N-dealkylation sites (tertiary alicyclic amines) is 1. The lowest BCUT2D eigenvalue weighted by Gasteiger charge is -2.30. The number of anilines is 1. The van der Waals surface area contributed by atoms with Gasteiger partial charge in [-0.05, 0) is 69.0 Å². The summed E-state index contributed by atoms with van der Waals surface area (Å²) in [6.07, 6.45) is 6.59. The van der Waals surface area contributed by atoms with Crippen LogP contribution in [0.2, 0.25) is 0 Å². The van der Waals surface area contributed by atoms with Crippen LogP contribution < -0.4 is 24.4 Å². The average molecular weight is 509 g/mol. The standard InChI is InChI=1S/C28H36N4O5/c33-27(19-3-7-24-25(15-19)36-14-13-35-24)23(18-31-10-1-2-11-31)30-28(34)20-9-12-32(17-20)21-4-8-26(29-16-21)37-22-5-6-22/h3-4,7-8,15-16,20,22-23,27,33H,1-2,5-6,9-14,17-18H2,(H,30,34). The van der Waals surface area contributed by atoms with E-state index in [0.29, 0.717) is 49.8 Å². The zero-order valence-corrected chi connectivity index (χ0v) is 21.2. The number of rotatable bonds is 9. The Morgan fingerprint density at radius 1 is 1.08 bits per heavy atom. The molecule has 9 heteroatoms. The Labute approximate surface area is 217 Å². The molecular formula is C28H36N4O5. The summed E-state index contributed by atoms with van der Waals surface area (Å²) in [6, 6.07) is 9.06. The number of aliphatic hydroxyl groups is 1. The van der Waals surface area contributed by atoms with Crippen molar-refractivity contribution in [1.82, 2.24) is 15.2 Å². The maximum absolute atomic E-state index is 13.4. The molecule has 1 aliphatic carbocycles. The fourth-order valence-electron chi connectivity index (χ4n) is 5.44. The van der Waals surface area contributed by atoms with Gasteiger partial charge < -0.3 is 34.4 Å². The van der Waals surface area contributed by atoms with Crippen LogP contribution in [0.1, 0.15) is 43.8 Å². The molecule has 6 rings (SSSR count). The van der Waals surface area contributed by atoms with Gasteiger partial charge in [0.15, 0.2) is 11.5 Å². The number of hydrogen-bond acceptors (Lipinski definition) is 8. The van der Waals surface area contributed by atoms with Crippen molar-refractivity contribution in [3.63, 3.8) is 0 Å². The zero-order valence-electron chi connectivity index (χ0n) is 21.2. The molecule has 37 heavy (non-hydrogen) atoms. The smallest absolute Gasteiger partial charge is 0.225 e. The number of fused-ring (bicyclic) bond motifs is 1. The molecule has 3 atom stereocenters. The number of hydrogen-bond donors (Lipinski definition) is 2. The van der Waals surface area contributed by atoms with Gasteiger partial charge in [-0.25, -0.2) is 4.98 Å². The van der Waals surface area contributed by atoms with E-state index in [1.807, 2.05) is 36.5 Å². The normalized spacial score (nSPS) is 23.1. The predicted molar refractivity (Wildman–Crippen MR) is 138 cm³/mol. The molecule has 9 nitrogen and oxygen atoms in total. The van der Waals surface area contributed by atoms with E-state index in [2.05, 4.69) is 20.1 Å². The Morgan fingerprint density at radius 2 is 1.89 bits per heavy atom. The minimum absolute atomic E-state index is 0.00932. The van der Waals surface area contributed by atoms with Crippen molar-refractivity contribution >= 4 is 11.6 Å². The van der Waals surface area contributed by atoms with Crippen molar-refractivity contribution in [2.75, 3.05) is 50.8 Å². The first-order valence-electron chi connectivity index (χ1n) is 13.6. The van der Waals surface area contributed by atoms with Gasteiger partial charge in [-0.3, -0.25) is 4.79 Å². The van der Waals surface area contributed by atoms with Gasteiger partial charge in [-0.2, -0.15) is 0 Å². The van der Waals surface area contributed by atoms with E-state index in [-0.39, 0.29) is 11.8 Å². The lowest BCUT2D eigenvalue weighted by atomic mass is 9.99. The van der Waals surface area contributed by atoms with Crippen LogP contribution in [0.4, 0.5) is 5.69 Å². The van der Waals surface area contributed by atoms with E-state index in [9.17, 15) is 9.90 Å². The van der Waals surface area contributed by atoms with Gasteiger partial charge in [0.25, 0.3) is 0 Å². The van der Waals surface area contributed by atoms with Gasteiger partial charge >= 0.3 is 0 Å². The highest BCUT2D eigenvalue weighted by Gasteiger charge is 2.33. The van der Waals surface area contributed by atoms with Crippen LogP contribution in [-0.2, 0) is 4.79 Å². The molecule has 4 aliphatic rings. The molecule has 0 radical (unpaired) electrons. The summed E-state index contributed by atoms with van der Waals surface area (Å²) in [4.78, 5) is 22.4. The monoisotopic (exact) mass is 508 g/mol. The number of nitrogens with zero attached hydrogens (tertiary/aromatic N) is 3. The molecule has 2 aromatic rings. The minimum atomic E-state index is -0.846. The van der Waals surface area contributed by atoms with Crippen LogP contribution in [0.3, 0.4) is 0 Å². The first-order valence-corrected chi connectivity index (χ1v) is 13.6. The van der Waals surface area contributed by atoms with Crippen molar-refractivity contribution in [1.29, 1.82) is 0 Å². The van der Waals surface area contributed by atoms with Crippen LogP contribution in [0, 0.1) is 5.92 Å². The number of carbonyl (C=O) groups is 1. The number of benzene rings is 1. The summed E-state index contributed by atoms with van der Waals surface area (Å²) < 4.78 is 17.1. The summed E-state index contributed by atoms with van der Waals surface area (Å²) >= 11 is 0. The second-order valence-electron chi connectivity index (χ2n) is 10.6. The van der Waals surface area contributed by atoms with Gasteiger partial charge in [0.05, 0.1) is 23.8 Å². The Morgan fingerprint density at radius 3 is 2.65 bits per heavy atom. The highest BCUT2D eigenvalue weighted by atomic mass is 16.6. The van der Waals surface area contributed by atoms with Crippen molar-refractivity contribution < 1.29 is 24.1 Å². The number of pyridine rings is 1. The summed E-state index contributed by atoms with van der Waals surface area (Å²) in [6.45, 7) is 5.04.